The SMILES string of the molecule is CCCn1cncc1CNc1cnn(CC2CCCO2)c1. The van der Waals surface area contributed by atoms with E-state index >= 15 is 0 Å². The van der Waals surface area contributed by atoms with Crippen LogP contribution in [0.5, 0.6) is 0 Å². The van der Waals surface area contributed by atoms with Crippen LogP contribution in [0.25, 0.3) is 0 Å². The van der Waals surface area contributed by atoms with Crippen molar-refractivity contribution in [3.8, 4) is 0 Å². The van der Waals surface area contributed by atoms with Crippen molar-refractivity contribution in [1.82, 2.24) is 19.3 Å². The highest BCUT2D eigenvalue weighted by Gasteiger charge is 2.16. The van der Waals surface area contributed by atoms with E-state index in [0.717, 1.165) is 44.8 Å². The summed E-state index contributed by atoms with van der Waals surface area (Å²) in [6, 6.07) is 0. The van der Waals surface area contributed by atoms with Crippen molar-refractivity contribution in [3.05, 3.63) is 30.6 Å². The number of nitrogens with one attached hydrogen (secondary N) is 1. The van der Waals surface area contributed by atoms with Crippen LogP contribution < -0.4 is 5.32 Å². The van der Waals surface area contributed by atoms with Crippen molar-refractivity contribution in [2.24, 2.45) is 0 Å². The number of aromatic nitrogens is 4. The maximum atomic E-state index is 5.63. The van der Waals surface area contributed by atoms with E-state index in [9.17, 15) is 0 Å². The minimum atomic E-state index is 0.323. The molecule has 0 amide bonds. The zero-order valence-electron chi connectivity index (χ0n) is 12.5. The molecule has 3 heterocycles. The van der Waals surface area contributed by atoms with Gasteiger partial charge >= 0.3 is 0 Å². The zero-order chi connectivity index (χ0) is 14.5. The summed E-state index contributed by atoms with van der Waals surface area (Å²) in [6.45, 7) is 5.68. The normalized spacial score (nSPS) is 18.2. The first-order chi connectivity index (χ1) is 10.3. The van der Waals surface area contributed by atoms with E-state index < -0.39 is 0 Å². The molecule has 1 saturated heterocycles. The number of anilines is 1. The quantitative estimate of drug-likeness (QED) is 0.849. The van der Waals surface area contributed by atoms with Gasteiger partial charge in [-0.15, -0.1) is 0 Å². The van der Waals surface area contributed by atoms with Gasteiger partial charge in [0.25, 0.3) is 0 Å². The van der Waals surface area contributed by atoms with Crippen molar-refractivity contribution in [2.75, 3.05) is 11.9 Å². The maximum absolute atomic E-state index is 5.63. The summed E-state index contributed by atoms with van der Waals surface area (Å²) in [4.78, 5) is 4.21. The van der Waals surface area contributed by atoms with Crippen LogP contribution >= 0.6 is 0 Å². The van der Waals surface area contributed by atoms with E-state index in [1.54, 1.807) is 0 Å². The first kappa shape index (κ1) is 14.1. The van der Waals surface area contributed by atoms with Crippen LogP contribution in [0.15, 0.2) is 24.9 Å². The highest BCUT2D eigenvalue weighted by atomic mass is 16.5. The van der Waals surface area contributed by atoms with Gasteiger partial charge in [-0.25, -0.2) is 4.98 Å². The minimum absolute atomic E-state index is 0.323. The number of nitrogens with zero attached hydrogens (tertiary/aromatic N) is 4. The van der Waals surface area contributed by atoms with Crippen LogP contribution in [0.1, 0.15) is 31.9 Å². The summed E-state index contributed by atoms with van der Waals surface area (Å²) in [5, 5.41) is 7.80. The average molecular weight is 289 g/mol. The number of rotatable bonds is 7. The van der Waals surface area contributed by atoms with Crippen LogP contribution in [0.4, 0.5) is 5.69 Å². The molecule has 2 aromatic heterocycles. The smallest absolute Gasteiger partial charge is 0.0948 e. The van der Waals surface area contributed by atoms with Crippen LogP contribution in [0.2, 0.25) is 0 Å². The fraction of sp³-hybridized carbons (Fsp3) is 0.600. The van der Waals surface area contributed by atoms with Crippen molar-refractivity contribution in [1.29, 1.82) is 0 Å². The van der Waals surface area contributed by atoms with Crippen LogP contribution in [-0.2, 0) is 24.4 Å². The molecule has 2 aromatic rings. The van der Waals surface area contributed by atoms with Gasteiger partial charge in [-0.05, 0) is 19.3 Å². The lowest BCUT2D eigenvalue weighted by Gasteiger charge is -2.09. The third kappa shape index (κ3) is 3.64. The average Bonchev–Trinajstić information content (AvgIpc) is 3.20. The first-order valence-corrected chi connectivity index (χ1v) is 7.72. The molecule has 1 aliphatic heterocycles. The van der Waals surface area contributed by atoms with Crippen LogP contribution in [0.3, 0.4) is 0 Å². The topological polar surface area (TPSA) is 56.9 Å². The number of ether oxygens (including phenoxy) is 1. The van der Waals surface area contributed by atoms with Gasteiger partial charge in [-0.1, -0.05) is 6.92 Å². The van der Waals surface area contributed by atoms with E-state index in [4.69, 9.17) is 4.74 Å². The number of imidazole rings is 1. The van der Waals surface area contributed by atoms with E-state index in [-0.39, 0.29) is 0 Å². The summed E-state index contributed by atoms with van der Waals surface area (Å²) in [6.07, 6.45) is 11.5. The monoisotopic (exact) mass is 289 g/mol. The Morgan fingerprint density at radius 1 is 1.43 bits per heavy atom. The lowest BCUT2D eigenvalue weighted by Crippen LogP contribution is -2.15. The molecule has 0 spiro atoms. The number of hydrogen-bond acceptors (Lipinski definition) is 4. The second-order valence-electron chi connectivity index (χ2n) is 5.52. The Balaban J connectivity index is 1.53. The minimum Gasteiger partial charge on any atom is -0.377 e. The second-order valence-corrected chi connectivity index (χ2v) is 5.52. The second kappa shape index (κ2) is 6.76. The largest absolute Gasteiger partial charge is 0.377 e. The predicted molar refractivity (Wildman–Crippen MR) is 81.0 cm³/mol. The molecular formula is C15H23N5O. The summed E-state index contributed by atoms with van der Waals surface area (Å²) < 4.78 is 9.78. The van der Waals surface area contributed by atoms with Crippen LogP contribution in [-0.4, -0.2) is 32.0 Å². The van der Waals surface area contributed by atoms with Gasteiger partial charge in [-0.3, -0.25) is 4.68 Å². The van der Waals surface area contributed by atoms with Gasteiger partial charge in [0.2, 0.25) is 0 Å². The van der Waals surface area contributed by atoms with Gasteiger partial charge < -0.3 is 14.6 Å². The van der Waals surface area contributed by atoms with Crippen molar-refractivity contribution >= 4 is 5.69 Å². The Hall–Kier alpha value is -1.82. The molecule has 1 atom stereocenters. The predicted octanol–water partition coefficient (Wildman–Crippen LogP) is 2.28. The van der Waals surface area contributed by atoms with E-state index in [1.165, 1.54) is 12.1 Å². The van der Waals surface area contributed by atoms with E-state index in [0.29, 0.717) is 6.10 Å². The highest BCUT2D eigenvalue weighted by Crippen LogP contribution is 2.15. The summed E-state index contributed by atoms with van der Waals surface area (Å²) in [5.41, 5.74) is 2.24. The Kier molecular flexibility index (Phi) is 4.55. The standard InChI is InChI=1S/C15H23N5O/c1-2-5-19-12-16-8-14(19)9-17-13-7-18-20(10-13)11-15-4-3-6-21-15/h7-8,10,12,15,17H,2-6,9,11H2,1H3. The summed E-state index contributed by atoms with van der Waals surface area (Å²) >= 11 is 0. The molecule has 0 aromatic carbocycles. The Morgan fingerprint density at radius 2 is 2.38 bits per heavy atom. The fourth-order valence-corrected chi connectivity index (χ4v) is 2.68. The van der Waals surface area contributed by atoms with E-state index in [2.05, 4.69) is 26.9 Å². The molecule has 0 radical (unpaired) electrons. The fourth-order valence-electron chi connectivity index (χ4n) is 2.68. The van der Waals surface area contributed by atoms with Gasteiger partial charge in [-0.2, -0.15) is 5.10 Å². The molecule has 3 rings (SSSR count). The Morgan fingerprint density at radius 3 is 3.19 bits per heavy atom. The molecule has 1 unspecified atom stereocenters. The first-order valence-electron chi connectivity index (χ1n) is 7.72. The lowest BCUT2D eigenvalue weighted by molar-refractivity contribution is 0.0940. The molecule has 6 nitrogen and oxygen atoms in total. The molecular weight excluding hydrogens is 266 g/mol. The Labute approximate surface area is 125 Å². The van der Waals surface area contributed by atoms with Gasteiger partial charge in [0, 0.05) is 25.5 Å². The number of hydrogen-bond donors (Lipinski definition) is 1. The van der Waals surface area contributed by atoms with Crippen molar-refractivity contribution in [3.63, 3.8) is 0 Å². The molecule has 0 bridgehead atoms. The zero-order valence-corrected chi connectivity index (χ0v) is 12.5. The van der Waals surface area contributed by atoms with Crippen LogP contribution in [0, 0.1) is 0 Å². The van der Waals surface area contributed by atoms with E-state index in [1.807, 2.05) is 29.6 Å². The van der Waals surface area contributed by atoms with Gasteiger partial charge in [0.1, 0.15) is 0 Å². The third-order valence-corrected chi connectivity index (χ3v) is 3.78. The third-order valence-electron chi connectivity index (χ3n) is 3.78. The molecule has 1 N–H and O–H groups in total. The summed E-state index contributed by atoms with van der Waals surface area (Å²) in [5.74, 6) is 0. The van der Waals surface area contributed by atoms with Crippen molar-refractivity contribution in [2.45, 2.75) is 51.9 Å². The molecule has 0 aliphatic carbocycles. The van der Waals surface area contributed by atoms with Gasteiger partial charge in [0.05, 0.1) is 43.1 Å². The lowest BCUT2D eigenvalue weighted by atomic mass is 10.2. The molecule has 114 valence electrons. The molecule has 21 heavy (non-hydrogen) atoms. The maximum Gasteiger partial charge on any atom is 0.0948 e. The van der Waals surface area contributed by atoms with Gasteiger partial charge in [0.15, 0.2) is 0 Å². The Bertz CT molecular complexity index is 556. The highest BCUT2D eigenvalue weighted by molar-refractivity contribution is 5.38. The van der Waals surface area contributed by atoms with Crippen molar-refractivity contribution < 1.29 is 4.74 Å². The molecule has 0 saturated carbocycles. The molecule has 6 heteroatoms. The number of aryl methyl sites for hydroxylation is 1. The molecule has 1 aliphatic rings. The molecule has 1 fully saturated rings. The summed E-state index contributed by atoms with van der Waals surface area (Å²) in [7, 11) is 0.